The summed E-state index contributed by atoms with van der Waals surface area (Å²) in [5.74, 6) is 0.970. The van der Waals surface area contributed by atoms with Gasteiger partial charge in [-0.25, -0.2) is 0 Å². The summed E-state index contributed by atoms with van der Waals surface area (Å²) in [4.78, 5) is 14.7. The number of amides is 1. The predicted octanol–water partition coefficient (Wildman–Crippen LogP) is 3.15. The SMILES string of the molecule is Cl.O=C(CC1CC2CCC(C1)N2)N1CCC(n2cc(Br)cn2)CC1. The van der Waals surface area contributed by atoms with Crippen molar-refractivity contribution in [1.29, 1.82) is 0 Å². The Balaban J connectivity index is 0.00000169. The maximum Gasteiger partial charge on any atom is 0.222 e. The van der Waals surface area contributed by atoms with Crippen LogP contribution in [0.3, 0.4) is 0 Å². The number of likely N-dealkylation sites (tertiary alicyclic amines) is 1. The van der Waals surface area contributed by atoms with E-state index in [-0.39, 0.29) is 12.4 Å². The lowest BCUT2D eigenvalue weighted by molar-refractivity contribution is -0.133. The van der Waals surface area contributed by atoms with E-state index in [2.05, 4.69) is 31.2 Å². The fourth-order valence-corrected chi connectivity index (χ4v) is 4.91. The molecule has 0 saturated carbocycles. The number of halogens is 2. The van der Waals surface area contributed by atoms with Crippen LogP contribution in [-0.2, 0) is 4.79 Å². The smallest absolute Gasteiger partial charge is 0.222 e. The quantitative estimate of drug-likeness (QED) is 0.822. The Morgan fingerprint density at radius 2 is 1.88 bits per heavy atom. The number of carbonyl (C=O) groups is 1. The van der Waals surface area contributed by atoms with Gasteiger partial charge in [-0.05, 0) is 60.4 Å². The second-order valence-corrected chi connectivity index (χ2v) is 8.35. The second kappa shape index (κ2) is 7.75. The Morgan fingerprint density at radius 3 is 2.46 bits per heavy atom. The maximum absolute atomic E-state index is 12.6. The van der Waals surface area contributed by atoms with E-state index in [1.165, 1.54) is 25.7 Å². The van der Waals surface area contributed by atoms with Crippen molar-refractivity contribution in [2.75, 3.05) is 13.1 Å². The highest BCUT2D eigenvalue weighted by Crippen LogP contribution is 2.33. The fourth-order valence-electron chi connectivity index (χ4n) is 4.61. The molecule has 2 atom stereocenters. The third-order valence-electron chi connectivity index (χ3n) is 5.80. The summed E-state index contributed by atoms with van der Waals surface area (Å²) in [7, 11) is 0. The standard InChI is InChI=1S/C17H25BrN4O.ClH/c18-13-10-19-22(11-13)16-3-5-21(6-4-16)17(23)9-12-7-14-1-2-15(8-12)20-14;/h10-12,14-16,20H,1-9H2;1H. The Morgan fingerprint density at radius 1 is 1.21 bits per heavy atom. The molecule has 4 rings (SSSR count). The van der Waals surface area contributed by atoms with Crippen molar-refractivity contribution in [3.05, 3.63) is 16.9 Å². The van der Waals surface area contributed by atoms with Crippen LogP contribution >= 0.6 is 28.3 Å². The van der Waals surface area contributed by atoms with Gasteiger partial charge in [0, 0.05) is 37.8 Å². The first-order valence-electron chi connectivity index (χ1n) is 8.91. The number of hydrogen-bond donors (Lipinski definition) is 1. The lowest BCUT2D eigenvalue weighted by Crippen LogP contribution is -2.42. The molecular formula is C17H26BrClN4O. The van der Waals surface area contributed by atoms with Gasteiger partial charge in [0.15, 0.2) is 0 Å². The van der Waals surface area contributed by atoms with Crippen LogP contribution in [0.25, 0.3) is 0 Å². The summed E-state index contributed by atoms with van der Waals surface area (Å²) in [6.07, 6.45) is 11.7. The van der Waals surface area contributed by atoms with Crippen LogP contribution in [0.2, 0.25) is 0 Å². The molecule has 2 bridgehead atoms. The van der Waals surface area contributed by atoms with Crippen LogP contribution in [0.5, 0.6) is 0 Å². The largest absolute Gasteiger partial charge is 0.343 e. The maximum atomic E-state index is 12.6. The minimum Gasteiger partial charge on any atom is -0.343 e. The molecule has 134 valence electrons. The van der Waals surface area contributed by atoms with E-state index in [1.54, 1.807) is 0 Å². The molecule has 5 nitrogen and oxygen atoms in total. The van der Waals surface area contributed by atoms with Gasteiger partial charge in [0.05, 0.1) is 16.7 Å². The predicted molar refractivity (Wildman–Crippen MR) is 99.3 cm³/mol. The molecule has 4 heterocycles. The molecule has 7 heteroatoms. The van der Waals surface area contributed by atoms with Crippen LogP contribution in [0.1, 0.15) is 51.0 Å². The van der Waals surface area contributed by atoms with Crippen molar-refractivity contribution < 1.29 is 4.79 Å². The van der Waals surface area contributed by atoms with E-state index in [1.807, 2.05) is 17.1 Å². The Kier molecular flexibility index (Phi) is 5.88. The minimum atomic E-state index is 0. The average Bonchev–Trinajstić information content (AvgIpc) is 3.13. The second-order valence-electron chi connectivity index (χ2n) is 7.43. The highest BCUT2D eigenvalue weighted by molar-refractivity contribution is 9.10. The third kappa shape index (κ3) is 3.97. The molecule has 24 heavy (non-hydrogen) atoms. The van der Waals surface area contributed by atoms with Crippen molar-refractivity contribution in [2.24, 2.45) is 5.92 Å². The summed E-state index contributed by atoms with van der Waals surface area (Å²) in [5, 5.41) is 8.05. The first kappa shape index (κ1) is 18.2. The Hall–Kier alpha value is -0.590. The molecule has 3 saturated heterocycles. The molecule has 2 unspecified atom stereocenters. The molecule has 1 aromatic rings. The molecule has 0 radical (unpaired) electrons. The average molecular weight is 418 g/mol. The van der Waals surface area contributed by atoms with E-state index < -0.39 is 0 Å². The molecule has 1 aromatic heterocycles. The number of carbonyl (C=O) groups excluding carboxylic acids is 1. The lowest BCUT2D eigenvalue weighted by Gasteiger charge is -2.34. The molecule has 0 spiro atoms. The zero-order chi connectivity index (χ0) is 15.8. The molecule has 1 N–H and O–H groups in total. The van der Waals surface area contributed by atoms with Gasteiger partial charge in [0.2, 0.25) is 5.91 Å². The van der Waals surface area contributed by atoms with Gasteiger partial charge in [0.25, 0.3) is 0 Å². The molecule has 3 fully saturated rings. The van der Waals surface area contributed by atoms with Gasteiger partial charge in [-0.2, -0.15) is 5.10 Å². The number of piperidine rings is 2. The number of hydrogen-bond acceptors (Lipinski definition) is 3. The summed E-state index contributed by atoms with van der Waals surface area (Å²) in [6, 6.07) is 1.78. The summed E-state index contributed by atoms with van der Waals surface area (Å²) >= 11 is 3.45. The van der Waals surface area contributed by atoms with Gasteiger partial charge in [0.1, 0.15) is 0 Å². The number of rotatable bonds is 3. The van der Waals surface area contributed by atoms with Crippen molar-refractivity contribution in [1.82, 2.24) is 20.0 Å². The number of nitrogens with one attached hydrogen (secondary N) is 1. The molecule has 0 aliphatic carbocycles. The van der Waals surface area contributed by atoms with Crippen LogP contribution in [-0.4, -0.2) is 45.8 Å². The molecule has 3 aliphatic rings. The Labute approximate surface area is 158 Å². The third-order valence-corrected chi connectivity index (χ3v) is 6.20. The van der Waals surface area contributed by atoms with Gasteiger partial charge in [-0.1, -0.05) is 0 Å². The number of nitrogens with zero attached hydrogens (tertiary/aromatic N) is 3. The first-order valence-corrected chi connectivity index (χ1v) is 9.70. The zero-order valence-corrected chi connectivity index (χ0v) is 16.3. The first-order chi connectivity index (χ1) is 11.2. The van der Waals surface area contributed by atoms with Crippen molar-refractivity contribution in [3.63, 3.8) is 0 Å². The molecule has 3 aliphatic heterocycles. The van der Waals surface area contributed by atoms with Crippen molar-refractivity contribution in [2.45, 2.75) is 63.1 Å². The van der Waals surface area contributed by atoms with Gasteiger partial charge >= 0.3 is 0 Å². The fraction of sp³-hybridized carbons (Fsp3) is 0.765. The van der Waals surface area contributed by atoms with Gasteiger partial charge in [-0.3, -0.25) is 9.48 Å². The topological polar surface area (TPSA) is 50.2 Å². The lowest BCUT2D eigenvalue weighted by atomic mass is 9.89. The number of fused-ring (bicyclic) bond motifs is 2. The zero-order valence-electron chi connectivity index (χ0n) is 13.9. The van der Waals surface area contributed by atoms with E-state index in [4.69, 9.17) is 0 Å². The minimum absolute atomic E-state index is 0. The highest BCUT2D eigenvalue weighted by Gasteiger charge is 2.35. The van der Waals surface area contributed by atoms with Gasteiger partial charge in [-0.15, -0.1) is 12.4 Å². The summed E-state index contributed by atoms with van der Waals surface area (Å²) in [5.41, 5.74) is 0. The number of aromatic nitrogens is 2. The van der Waals surface area contributed by atoms with Gasteiger partial charge < -0.3 is 10.2 Å². The van der Waals surface area contributed by atoms with Crippen LogP contribution < -0.4 is 5.32 Å². The Bertz CT molecular complexity index is 561. The van der Waals surface area contributed by atoms with Crippen LogP contribution in [0.15, 0.2) is 16.9 Å². The monoisotopic (exact) mass is 416 g/mol. The molecule has 0 aromatic carbocycles. The molecule has 1 amide bonds. The van der Waals surface area contributed by atoms with Crippen LogP contribution in [0.4, 0.5) is 0 Å². The van der Waals surface area contributed by atoms with E-state index in [0.29, 0.717) is 30.0 Å². The molecular weight excluding hydrogens is 392 g/mol. The highest BCUT2D eigenvalue weighted by atomic mass is 79.9. The van der Waals surface area contributed by atoms with Crippen molar-refractivity contribution in [3.8, 4) is 0 Å². The summed E-state index contributed by atoms with van der Waals surface area (Å²) in [6.45, 7) is 1.75. The normalized spacial score (nSPS) is 30.2. The summed E-state index contributed by atoms with van der Waals surface area (Å²) < 4.78 is 3.06. The van der Waals surface area contributed by atoms with Crippen LogP contribution in [0, 0.1) is 5.92 Å². The van der Waals surface area contributed by atoms with E-state index >= 15 is 0 Å². The van der Waals surface area contributed by atoms with E-state index in [9.17, 15) is 4.79 Å². The van der Waals surface area contributed by atoms with E-state index in [0.717, 1.165) is 36.8 Å². The van der Waals surface area contributed by atoms with Crippen molar-refractivity contribution >= 4 is 34.2 Å².